The third kappa shape index (κ3) is 5.39. The largest absolute Gasteiger partial charge is 0.463 e. The number of thiocarbonyl (C=S) groups is 1. The molecule has 1 aliphatic rings. The average molecular weight is 492 g/mol. The van der Waals surface area contributed by atoms with Gasteiger partial charge in [-0.25, -0.2) is 4.79 Å². The van der Waals surface area contributed by atoms with Gasteiger partial charge in [-0.15, -0.1) is 0 Å². The van der Waals surface area contributed by atoms with Crippen LogP contribution in [0.5, 0.6) is 0 Å². The number of allylic oxidation sites excluding steroid dienone is 1. The van der Waals surface area contributed by atoms with E-state index in [0.717, 1.165) is 12.1 Å². The van der Waals surface area contributed by atoms with Crippen LogP contribution in [0.1, 0.15) is 48.3 Å². The number of nitrogens with one attached hydrogen (secondary N) is 2. The summed E-state index contributed by atoms with van der Waals surface area (Å²) in [5.41, 5.74) is 1.20. The van der Waals surface area contributed by atoms with Crippen molar-refractivity contribution in [2.24, 2.45) is 0 Å². The van der Waals surface area contributed by atoms with Crippen molar-refractivity contribution in [3.05, 3.63) is 76.5 Å². The molecule has 1 amide bonds. The minimum atomic E-state index is -4.54. The zero-order valence-electron chi connectivity index (χ0n) is 18.8. The van der Waals surface area contributed by atoms with E-state index in [9.17, 15) is 22.8 Å². The third-order valence-electron chi connectivity index (χ3n) is 5.36. The van der Waals surface area contributed by atoms with E-state index < -0.39 is 29.7 Å². The van der Waals surface area contributed by atoms with Gasteiger partial charge in [0.1, 0.15) is 0 Å². The van der Waals surface area contributed by atoms with Crippen LogP contribution < -0.4 is 10.6 Å². The summed E-state index contributed by atoms with van der Waals surface area (Å²) in [6, 6.07) is 10.3. The minimum absolute atomic E-state index is 0.110. The summed E-state index contributed by atoms with van der Waals surface area (Å²) >= 11 is 5.45. The van der Waals surface area contributed by atoms with E-state index in [1.807, 2.05) is 11.8 Å². The predicted octanol–water partition coefficient (Wildman–Crippen LogP) is 5.05. The number of esters is 1. The molecule has 1 aliphatic heterocycles. The Bertz CT molecular complexity index is 1130. The first-order valence-electron chi connectivity index (χ1n) is 10.6. The van der Waals surface area contributed by atoms with Gasteiger partial charge in [0.15, 0.2) is 5.11 Å². The minimum Gasteiger partial charge on any atom is -0.463 e. The molecule has 0 spiro atoms. The molecule has 0 aromatic heterocycles. The summed E-state index contributed by atoms with van der Waals surface area (Å²) in [5, 5.41) is 6.23. The van der Waals surface area contributed by atoms with Crippen molar-refractivity contribution in [1.29, 1.82) is 0 Å². The highest BCUT2D eigenvalue weighted by atomic mass is 32.1. The number of carbonyl (C=O) groups excluding carboxylic acids is 2. The number of rotatable bonds is 6. The maximum absolute atomic E-state index is 12.9. The molecule has 0 aliphatic carbocycles. The molecule has 0 radical (unpaired) electrons. The molecule has 0 fully saturated rings. The molecule has 2 N–H and O–H groups in total. The Hall–Kier alpha value is -3.40. The summed E-state index contributed by atoms with van der Waals surface area (Å²) < 4.78 is 44.0. The fraction of sp³-hybridized carbons (Fsp3) is 0.292. The highest BCUT2D eigenvalue weighted by Gasteiger charge is 2.34. The lowest BCUT2D eigenvalue weighted by atomic mass is 9.95. The number of hydrogen-bond donors (Lipinski definition) is 2. The van der Waals surface area contributed by atoms with Gasteiger partial charge in [-0.3, -0.25) is 4.79 Å². The average Bonchev–Trinajstić information content (AvgIpc) is 2.79. The monoisotopic (exact) mass is 491 g/mol. The topological polar surface area (TPSA) is 70.7 Å². The van der Waals surface area contributed by atoms with Gasteiger partial charge >= 0.3 is 12.1 Å². The van der Waals surface area contributed by atoms with Crippen molar-refractivity contribution >= 4 is 34.9 Å². The standard InChI is InChI=1S/C24H24F3N3O3S/c1-4-30-14(3)19(22(32)33-5-2)20(29-23(30)34)15-9-11-18(12-10-15)28-21(31)16-7-6-8-17(13-16)24(25,26)27/h6-13,20H,4-5H2,1-3H3,(H,28,31)(H,29,34). The van der Waals surface area contributed by atoms with Crippen LogP contribution in [0.3, 0.4) is 0 Å². The maximum Gasteiger partial charge on any atom is 0.416 e. The van der Waals surface area contributed by atoms with Crippen LogP contribution >= 0.6 is 12.2 Å². The summed E-state index contributed by atoms with van der Waals surface area (Å²) in [6.45, 7) is 6.25. The highest BCUT2D eigenvalue weighted by Crippen LogP contribution is 2.32. The molecule has 180 valence electrons. The quantitative estimate of drug-likeness (QED) is 0.436. The van der Waals surface area contributed by atoms with Crippen LogP contribution in [0.15, 0.2) is 59.8 Å². The number of benzene rings is 2. The van der Waals surface area contributed by atoms with Crippen LogP contribution in [0.2, 0.25) is 0 Å². The highest BCUT2D eigenvalue weighted by molar-refractivity contribution is 7.80. The van der Waals surface area contributed by atoms with Gasteiger partial charge in [0, 0.05) is 23.5 Å². The second-order valence-corrected chi connectivity index (χ2v) is 7.89. The lowest BCUT2D eigenvalue weighted by Crippen LogP contribution is -2.47. The van der Waals surface area contributed by atoms with Crippen LogP contribution in [0.4, 0.5) is 18.9 Å². The number of anilines is 1. The van der Waals surface area contributed by atoms with E-state index in [0.29, 0.717) is 34.2 Å². The van der Waals surface area contributed by atoms with E-state index in [-0.39, 0.29) is 12.2 Å². The molecule has 3 rings (SSSR count). The summed E-state index contributed by atoms with van der Waals surface area (Å²) in [5.74, 6) is -1.13. The van der Waals surface area contributed by atoms with Gasteiger partial charge in [-0.05, 0) is 68.9 Å². The van der Waals surface area contributed by atoms with E-state index in [1.165, 1.54) is 12.1 Å². The van der Waals surface area contributed by atoms with Gasteiger partial charge in [0.05, 0.1) is 23.8 Å². The summed E-state index contributed by atoms with van der Waals surface area (Å²) in [6.07, 6.45) is -4.54. The molecule has 1 unspecified atom stereocenters. The SMILES string of the molecule is CCOC(=O)C1=C(C)N(CC)C(=S)NC1c1ccc(NC(=O)c2cccc(C(F)(F)F)c2)cc1. The van der Waals surface area contributed by atoms with Gasteiger partial charge in [-0.1, -0.05) is 18.2 Å². The van der Waals surface area contributed by atoms with Crippen molar-refractivity contribution in [3.8, 4) is 0 Å². The van der Waals surface area contributed by atoms with E-state index >= 15 is 0 Å². The Morgan fingerprint density at radius 3 is 2.41 bits per heavy atom. The lowest BCUT2D eigenvalue weighted by molar-refractivity contribution is -0.139. The van der Waals surface area contributed by atoms with E-state index in [2.05, 4.69) is 10.6 Å². The molecule has 2 aromatic rings. The molecule has 0 bridgehead atoms. The zero-order valence-corrected chi connectivity index (χ0v) is 19.6. The van der Waals surface area contributed by atoms with Crippen LogP contribution in [0.25, 0.3) is 0 Å². The van der Waals surface area contributed by atoms with Crippen molar-refractivity contribution in [1.82, 2.24) is 10.2 Å². The predicted molar refractivity (Wildman–Crippen MR) is 126 cm³/mol. The zero-order chi connectivity index (χ0) is 25.0. The normalized spacial score (nSPS) is 16.2. The number of hydrogen-bond acceptors (Lipinski definition) is 4. The van der Waals surface area contributed by atoms with E-state index in [4.69, 9.17) is 17.0 Å². The smallest absolute Gasteiger partial charge is 0.416 e. The first kappa shape index (κ1) is 25.2. The van der Waals surface area contributed by atoms with Gasteiger partial charge in [0.25, 0.3) is 5.91 Å². The number of carbonyl (C=O) groups is 2. The fourth-order valence-electron chi connectivity index (χ4n) is 3.68. The Balaban J connectivity index is 1.84. The molecule has 10 heteroatoms. The summed E-state index contributed by atoms with van der Waals surface area (Å²) in [4.78, 5) is 27.0. The first-order valence-corrected chi connectivity index (χ1v) is 11.0. The number of amides is 1. The molecule has 2 aromatic carbocycles. The van der Waals surface area contributed by atoms with Crippen molar-refractivity contribution in [3.63, 3.8) is 0 Å². The Morgan fingerprint density at radius 1 is 1.15 bits per heavy atom. The second-order valence-electron chi connectivity index (χ2n) is 7.50. The van der Waals surface area contributed by atoms with E-state index in [1.54, 1.807) is 38.1 Å². The number of nitrogens with zero attached hydrogens (tertiary/aromatic N) is 1. The molecular formula is C24H24F3N3O3S. The maximum atomic E-state index is 12.9. The third-order valence-corrected chi connectivity index (χ3v) is 5.70. The van der Waals surface area contributed by atoms with Crippen molar-refractivity contribution < 1.29 is 27.5 Å². The number of ether oxygens (including phenoxy) is 1. The van der Waals surface area contributed by atoms with Gasteiger partial charge in [-0.2, -0.15) is 13.2 Å². The molecular weight excluding hydrogens is 467 g/mol. The van der Waals surface area contributed by atoms with Gasteiger partial charge in [0.2, 0.25) is 0 Å². The number of alkyl halides is 3. The molecule has 34 heavy (non-hydrogen) atoms. The molecule has 0 saturated heterocycles. The fourth-order valence-corrected chi connectivity index (χ4v) is 4.07. The Kier molecular flexibility index (Phi) is 7.61. The van der Waals surface area contributed by atoms with Crippen molar-refractivity contribution in [2.75, 3.05) is 18.5 Å². The second kappa shape index (κ2) is 10.3. The number of halogens is 3. The van der Waals surface area contributed by atoms with Gasteiger partial charge < -0.3 is 20.3 Å². The molecule has 6 nitrogen and oxygen atoms in total. The molecule has 1 heterocycles. The van der Waals surface area contributed by atoms with Crippen molar-refractivity contribution in [2.45, 2.75) is 33.0 Å². The molecule has 1 atom stereocenters. The lowest BCUT2D eigenvalue weighted by Gasteiger charge is -2.37. The Labute approximate surface area is 200 Å². The molecule has 0 saturated carbocycles. The summed E-state index contributed by atoms with van der Waals surface area (Å²) in [7, 11) is 0. The van der Waals surface area contributed by atoms with Crippen LogP contribution in [-0.2, 0) is 15.7 Å². The van der Waals surface area contributed by atoms with Crippen LogP contribution in [0, 0.1) is 0 Å². The van der Waals surface area contributed by atoms with Crippen LogP contribution in [-0.4, -0.2) is 35.0 Å². The first-order chi connectivity index (χ1) is 16.1. The Morgan fingerprint density at radius 2 is 1.82 bits per heavy atom.